The molecule has 2 aromatic carbocycles. The first-order chi connectivity index (χ1) is 12.8. The summed E-state index contributed by atoms with van der Waals surface area (Å²) in [4.78, 5) is 15.0. The number of hydrogen-bond donors (Lipinski definition) is 1. The summed E-state index contributed by atoms with van der Waals surface area (Å²) in [5.74, 6) is 0.511. The second-order valence-electron chi connectivity index (χ2n) is 6.42. The molecule has 0 saturated carbocycles. The van der Waals surface area contributed by atoms with Gasteiger partial charge in [-0.2, -0.15) is 0 Å². The van der Waals surface area contributed by atoms with Gasteiger partial charge in [-0.3, -0.25) is 9.69 Å². The fraction of sp³-hybridized carbons (Fsp3) is 0.250. The van der Waals surface area contributed by atoms with Crippen molar-refractivity contribution in [1.29, 1.82) is 0 Å². The van der Waals surface area contributed by atoms with E-state index < -0.39 is 0 Å². The van der Waals surface area contributed by atoms with Gasteiger partial charge in [0.25, 0.3) is 0 Å². The summed E-state index contributed by atoms with van der Waals surface area (Å²) in [6, 6.07) is 17.6. The molecule has 1 aliphatic heterocycles. The first kappa shape index (κ1) is 16.5. The monoisotopic (exact) mass is 348 g/mol. The Hall–Kier alpha value is -2.99. The van der Waals surface area contributed by atoms with Crippen LogP contribution < -0.4 is 5.32 Å². The van der Waals surface area contributed by atoms with Gasteiger partial charge in [0.2, 0.25) is 18.2 Å². The van der Waals surface area contributed by atoms with E-state index >= 15 is 0 Å². The molecule has 1 aromatic heterocycles. The summed E-state index contributed by atoms with van der Waals surface area (Å²) in [6.07, 6.45) is 3.23. The van der Waals surface area contributed by atoms with Gasteiger partial charge in [-0.25, -0.2) is 0 Å². The van der Waals surface area contributed by atoms with E-state index in [0.717, 1.165) is 37.2 Å². The normalized spacial score (nSPS) is 17.3. The number of rotatable bonds is 5. The molecule has 3 aromatic rings. The quantitative estimate of drug-likeness (QED) is 0.766. The number of amides is 1. The average Bonchev–Trinajstić information content (AvgIpc) is 3.35. The first-order valence-corrected chi connectivity index (χ1v) is 8.75. The van der Waals surface area contributed by atoms with Gasteiger partial charge < -0.3 is 9.73 Å². The predicted molar refractivity (Wildman–Crippen MR) is 98.2 cm³/mol. The lowest BCUT2D eigenvalue weighted by Gasteiger charge is -2.23. The highest BCUT2D eigenvalue weighted by Crippen LogP contribution is 2.23. The van der Waals surface area contributed by atoms with Crippen LogP contribution in [0, 0.1) is 0 Å². The molecule has 1 fully saturated rings. The zero-order valence-corrected chi connectivity index (χ0v) is 14.3. The molecule has 4 rings (SSSR count). The van der Waals surface area contributed by atoms with Crippen molar-refractivity contribution in [2.24, 2.45) is 0 Å². The van der Waals surface area contributed by atoms with Gasteiger partial charge in [0.1, 0.15) is 0 Å². The molecule has 26 heavy (non-hydrogen) atoms. The molecule has 1 amide bonds. The van der Waals surface area contributed by atoms with Crippen molar-refractivity contribution in [2.75, 3.05) is 11.9 Å². The van der Waals surface area contributed by atoms with Crippen molar-refractivity contribution in [2.45, 2.75) is 25.4 Å². The van der Waals surface area contributed by atoms with Crippen LogP contribution in [-0.2, 0) is 11.3 Å². The molecule has 0 aliphatic carbocycles. The van der Waals surface area contributed by atoms with E-state index in [2.05, 4.69) is 32.5 Å². The van der Waals surface area contributed by atoms with Gasteiger partial charge in [-0.1, -0.05) is 30.3 Å². The molecule has 1 unspecified atom stereocenters. The molecule has 0 bridgehead atoms. The first-order valence-electron chi connectivity index (χ1n) is 8.75. The van der Waals surface area contributed by atoms with Crippen LogP contribution in [0.1, 0.15) is 18.4 Å². The highest BCUT2D eigenvalue weighted by molar-refractivity contribution is 5.95. The van der Waals surface area contributed by atoms with Crippen LogP contribution in [0.3, 0.4) is 0 Å². The topological polar surface area (TPSA) is 71.3 Å². The van der Waals surface area contributed by atoms with E-state index in [-0.39, 0.29) is 11.9 Å². The third-order valence-electron chi connectivity index (χ3n) is 4.65. The molecular formula is C20H20N4O2. The van der Waals surface area contributed by atoms with Crippen LogP contribution in [0.25, 0.3) is 11.5 Å². The predicted octanol–water partition coefficient (Wildman–Crippen LogP) is 3.34. The Labute approximate surface area is 151 Å². The third kappa shape index (κ3) is 3.65. The fourth-order valence-corrected chi connectivity index (χ4v) is 3.35. The van der Waals surface area contributed by atoms with Gasteiger partial charge >= 0.3 is 0 Å². The van der Waals surface area contributed by atoms with Gasteiger partial charge in [-0.15, -0.1) is 10.2 Å². The molecule has 6 heteroatoms. The number of benzene rings is 2. The number of carbonyl (C=O) groups excluding carboxylic acids is 1. The molecule has 1 aliphatic rings. The molecule has 6 nitrogen and oxygen atoms in total. The molecule has 0 spiro atoms. The summed E-state index contributed by atoms with van der Waals surface area (Å²) in [7, 11) is 0. The second kappa shape index (κ2) is 7.49. The number of anilines is 1. The summed E-state index contributed by atoms with van der Waals surface area (Å²) in [5, 5.41) is 10.6. The van der Waals surface area contributed by atoms with E-state index in [0.29, 0.717) is 5.89 Å². The minimum atomic E-state index is -0.0918. The van der Waals surface area contributed by atoms with Crippen LogP contribution in [0.2, 0.25) is 0 Å². The van der Waals surface area contributed by atoms with Crippen LogP contribution in [0.4, 0.5) is 5.69 Å². The largest absolute Gasteiger partial charge is 0.423 e. The van der Waals surface area contributed by atoms with Crippen molar-refractivity contribution < 1.29 is 9.21 Å². The highest BCUT2D eigenvalue weighted by atomic mass is 16.4. The highest BCUT2D eigenvalue weighted by Gasteiger charge is 2.30. The zero-order valence-electron chi connectivity index (χ0n) is 14.3. The summed E-state index contributed by atoms with van der Waals surface area (Å²) < 4.78 is 5.18. The average molecular weight is 348 g/mol. The number of nitrogens with zero attached hydrogens (tertiary/aromatic N) is 3. The van der Waals surface area contributed by atoms with E-state index in [1.165, 1.54) is 12.0 Å². The van der Waals surface area contributed by atoms with Gasteiger partial charge in [0.15, 0.2) is 0 Å². The maximum Gasteiger partial charge on any atom is 0.247 e. The van der Waals surface area contributed by atoms with Crippen LogP contribution >= 0.6 is 0 Å². The fourth-order valence-electron chi connectivity index (χ4n) is 3.35. The van der Waals surface area contributed by atoms with Crippen molar-refractivity contribution in [3.05, 3.63) is 66.6 Å². The Morgan fingerprint density at radius 1 is 1.15 bits per heavy atom. The summed E-state index contributed by atoms with van der Waals surface area (Å²) >= 11 is 0. The van der Waals surface area contributed by atoms with E-state index in [1.807, 2.05) is 42.5 Å². The number of nitrogens with one attached hydrogen (secondary N) is 1. The Morgan fingerprint density at radius 2 is 1.96 bits per heavy atom. The number of hydrogen-bond acceptors (Lipinski definition) is 5. The SMILES string of the molecule is O=C(Nc1ccc(-c2nnco2)cc1)C1CCCN1Cc1ccccc1. The van der Waals surface area contributed by atoms with Crippen LogP contribution in [-0.4, -0.2) is 33.6 Å². The van der Waals surface area contributed by atoms with Crippen molar-refractivity contribution in [3.8, 4) is 11.5 Å². The molecular weight excluding hydrogens is 328 g/mol. The smallest absolute Gasteiger partial charge is 0.247 e. The maximum atomic E-state index is 12.7. The van der Waals surface area contributed by atoms with E-state index in [1.54, 1.807) is 0 Å². The molecule has 1 saturated heterocycles. The van der Waals surface area contributed by atoms with Crippen LogP contribution in [0.5, 0.6) is 0 Å². The van der Waals surface area contributed by atoms with Crippen LogP contribution in [0.15, 0.2) is 65.4 Å². The number of carbonyl (C=O) groups is 1. The van der Waals surface area contributed by atoms with E-state index in [4.69, 9.17) is 4.42 Å². The van der Waals surface area contributed by atoms with Crippen molar-refractivity contribution in [3.63, 3.8) is 0 Å². The van der Waals surface area contributed by atoms with Crippen molar-refractivity contribution >= 4 is 11.6 Å². The lowest BCUT2D eigenvalue weighted by atomic mass is 10.1. The Balaban J connectivity index is 1.40. The van der Waals surface area contributed by atoms with Gasteiger partial charge in [-0.05, 0) is 49.2 Å². The molecule has 1 atom stereocenters. The molecule has 132 valence electrons. The van der Waals surface area contributed by atoms with Crippen molar-refractivity contribution in [1.82, 2.24) is 15.1 Å². The maximum absolute atomic E-state index is 12.7. The minimum Gasteiger partial charge on any atom is -0.423 e. The molecule has 2 heterocycles. The Morgan fingerprint density at radius 3 is 2.69 bits per heavy atom. The lowest BCUT2D eigenvalue weighted by molar-refractivity contribution is -0.120. The Kier molecular flexibility index (Phi) is 4.75. The summed E-state index contributed by atoms with van der Waals surface area (Å²) in [6.45, 7) is 1.75. The molecule has 0 radical (unpaired) electrons. The Bertz CT molecular complexity index is 847. The molecule has 1 N–H and O–H groups in total. The van der Waals surface area contributed by atoms with Gasteiger partial charge in [0.05, 0.1) is 6.04 Å². The second-order valence-corrected chi connectivity index (χ2v) is 6.42. The van der Waals surface area contributed by atoms with Gasteiger partial charge in [0, 0.05) is 17.8 Å². The standard InChI is InChI=1S/C20H20N4O2/c25-19(18-7-4-12-24(18)13-15-5-2-1-3-6-15)22-17-10-8-16(9-11-17)20-23-21-14-26-20/h1-3,5-6,8-11,14,18H,4,7,12-13H2,(H,22,25). The third-order valence-corrected chi connectivity index (χ3v) is 4.65. The minimum absolute atomic E-state index is 0.0453. The zero-order chi connectivity index (χ0) is 17.8. The number of aromatic nitrogens is 2. The number of likely N-dealkylation sites (tertiary alicyclic amines) is 1. The lowest BCUT2D eigenvalue weighted by Crippen LogP contribution is -2.39. The van der Waals surface area contributed by atoms with E-state index in [9.17, 15) is 4.79 Å². The summed E-state index contributed by atoms with van der Waals surface area (Å²) in [5.41, 5.74) is 2.83.